The molecule has 2 N–H and O–H groups in total. The average molecular weight is 691 g/mol. The molecule has 8 aliphatic rings. The Kier molecular flexibility index (Phi) is 6.88. The second-order valence-corrected chi connectivity index (χ2v) is 15.9. The van der Waals surface area contributed by atoms with Gasteiger partial charge in [-0.1, -0.05) is 19.9 Å². The zero-order valence-corrected chi connectivity index (χ0v) is 29.1. The van der Waals surface area contributed by atoms with Crippen LogP contribution in [0.5, 0.6) is 0 Å². The van der Waals surface area contributed by atoms with Crippen LogP contribution >= 0.6 is 0 Å². The molecule has 8 rings (SSSR count). The number of hydrogen-bond donors (Lipinski definition) is 2. The second kappa shape index (κ2) is 10.0. The van der Waals surface area contributed by atoms with Gasteiger partial charge in [0.05, 0.1) is 44.9 Å². The molecule has 49 heavy (non-hydrogen) atoms. The van der Waals surface area contributed by atoms with E-state index in [1.165, 1.54) is 33.5 Å². The van der Waals surface area contributed by atoms with Crippen LogP contribution in [-0.4, -0.2) is 115 Å². The molecule has 16 atom stereocenters. The first-order chi connectivity index (χ1) is 23.0. The Morgan fingerprint density at radius 2 is 1.73 bits per heavy atom. The van der Waals surface area contributed by atoms with Gasteiger partial charge in [0.15, 0.2) is 5.60 Å². The second-order valence-electron chi connectivity index (χ2n) is 15.9. The van der Waals surface area contributed by atoms with Crippen molar-refractivity contribution in [2.45, 2.75) is 114 Å². The van der Waals surface area contributed by atoms with Crippen LogP contribution in [-0.2, 0) is 57.0 Å². The maximum Gasteiger partial charge on any atom is 0.366 e. The Hall–Kier alpha value is -2.59. The first-order valence-corrected chi connectivity index (χ1v) is 17.0. The van der Waals surface area contributed by atoms with Crippen molar-refractivity contribution in [1.29, 1.82) is 0 Å². The molecule has 0 aromatic rings. The number of fused-ring (bicyclic) bond motifs is 11. The molecule has 0 radical (unpaired) electrons. The maximum absolute atomic E-state index is 14.2. The van der Waals surface area contributed by atoms with Gasteiger partial charge in [0, 0.05) is 60.0 Å². The highest BCUT2D eigenvalue weighted by molar-refractivity contribution is 5.88. The molecule has 1 spiro atoms. The average Bonchev–Trinajstić information content (AvgIpc) is 3.82. The maximum atomic E-state index is 14.2. The predicted molar refractivity (Wildman–Crippen MR) is 163 cm³/mol. The molecule has 5 aliphatic heterocycles. The van der Waals surface area contributed by atoms with Crippen LogP contribution in [0.3, 0.4) is 0 Å². The molecule has 7 fully saturated rings. The van der Waals surface area contributed by atoms with E-state index in [1.54, 1.807) is 26.8 Å². The van der Waals surface area contributed by atoms with Crippen molar-refractivity contribution in [3.05, 3.63) is 24.0 Å². The van der Waals surface area contributed by atoms with E-state index in [4.69, 9.17) is 42.6 Å². The first-order valence-electron chi connectivity index (χ1n) is 17.0. The minimum atomic E-state index is -2.12. The number of allylic oxidation sites excluding steroid dienone is 1. The third-order valence-electron chi connectivity index (χ3n) is 14.3. The van der Waals surface area contributed by atoms with Crippen LogP contribution in [0, 0.1) is 34.0 Å². The molecule has 2 bridgehead atoms. The summed E-state index contributed by atoms with van der Waals surface area (Å²) in [6.45, 7) is 10.2. The van der Waals surface area contributed by atoms with Crippen molar-refractivity contribution < 1.29 is 67.2 Å². The van der Waals surface area contributed by atoms with Gasteiger partial charge < -0.3 is 52.8 Å². The van der Waals surface area contributed by atoms with Crippen molar-refractivity contribution in [1.82, 2.24) is 0 Å². The zero-order valence-electron chi connectivity index (χ0n) is 29.1. The van der Waals surface area contributed by atoms with Gasteiger partial charge in [-0.25, -0.2) is 9.59 Å². The number of methoxy groups -OCH3 is 2. The first kappa shape index (κ1) is 33.5. The molecule has 0 amide bonds. The summed E-state index contributed by atoms with van der Waals surface area (Å²) < 4.78 is 56.5. The number of rotatable bonds is 5. The third kappa shape index (κ3) is 3.45. The van der Waals surface area contributed by atoms with Crippen LogP contribution in [0.25, 0.3) is 0 Å². The molecular weight excluding hydrogens is 644 g/mol. The standard InChI is InChI=1S/C35H46O14/c1-9-16(2)25(37)47-20-13-19(46-17(3)36)29(4)14-44-22-23(29)32(20)15-45-34(42-8,27(38)41-7)26(32)30(5)24(22)49-31(6)18-12-21(35(30,31)40)48-28-33(18,39)10-11-43-28/h9-11,18-24,26,28,39-40H,12-15H2,1-8H3. The van der Waals surface area contributed by atoms with Gasteiger partial charge in [0.1, 0.15) is 23.4 Å². The van der Waals surface area contributed by atoms with E-state index in [2.05, 4.69) is 0 Å². The molecular formula is C35H46O14. The predicted octanol–water partition coefficient (Wildman–Crippen LogP) is 1.30. The van der Waals surface area contributed by atoms with Crippen molar-refractivity contribution in [3.63, 3.8) is 0 Å². The van der Waals surface area contributed by atoms with Crippen molar-refractivity contribution in [3.8, 4) is 0 Å². The minimum Gasteiger partial charge on any atom is -0.469 e. The summed E-state index contributed by atoms with van der Waals surface area (Å²) in [5.74, 6) is -6.47. The summed E-state index contributed by atoms with van der Waals surface area (Å²) in [6.07, 6.45) is -0.642. The van der Waals surface area contributed by atoms with E-state index in [0.717, 1.165) is 0 Å². The minimum absolute atomic E-state index is 0.0620. The topological polar surface area (TPSA) is 175 Å². The normalized spacial score (nSPS) is 55.8. The Balaban J connectivity index is 1.41. The lowest BCUT2D eigenvalue weighted by atomic mass is 9.37. The van der Waals surface area contributed by atoms with Crippen LogP contribution < -0.4 is 0 Å². The van der Waals surface area contributed by atoms with Gasteiger partial charge in [-0.3, -0.25) is 4.79 Å². The fourth-order valence-electron chi connectivity index (χ4n) is 12.3. The molecule has 3 aliphatic carbocycles. The van der Waals surface area contributed by atoms with Crippen molar-refractivity contribution in [2.75, 3.05) is 27.4 Å². The Bertz CT molecular complexity index is 1560. The van der Waals surface area contributed by atoms with Gasteiger partial charge in [-0.15, -0.1) is 0 Å². The van der Waals surface area contributed by atoms with Gasteiger partial charge in [-0.2, -0.15) is 0 Å². The zero-order chi connectivity index (χ0) is 35.3. The van der Waals surface area contributed by atoms with Gasteiger partial charge in [0.2, 0.25) is 6.29 Å². The molecule has 3 saturated carbocycles. The Morgan fingerprint density at radius 3 is 2.39 bits per heavy atom. The third-order valence-corrected chi connectivity index (χ3v) is 14.3. The summed E-state index contributed by atoms with van der Waals surface area (Å²) >= 11 is 0. The smallest absolute Gasteiger partial charge is 0.366 e. The number of esters is 3. The van der Waals surface area contributed by atoms with Crippen molar-refractivity contribution in [2.24, 2.45) is 34.0 Å². The highest BCUT2D eigenvalue weighted by Gasteiger charge is 2.94. The fraction of sp³-hybridized carbons (Fsp3) is 0.800. The number of ether oxygens (including phenoxy) is 9. The summed E-state index contributed by atoms with van der Waals surface area (Å²) in [4.78, 5) is 40.4. The molecule has 5 heterocycles. The van der Waals surface area contributed by atoms with E-state index in [1.807, 2.05) is 13.8 Å². The lowest BCUT2D eigenvalue weighted by molar-refractivity contribution is -0.318. The van der Waals surface area contributed by atoms with E-state index < -0.39 is 111 Å². The van der Waals surface area contributed by atoms with E-state index in [-0.39, 0.29) is 26.1 Å². The van der Waals surface area contributed by atoms with E-state index in [0.29, 0.717) is 5.57 Å². The summed E-state index contributed by atoms with van der Waals surface area (Å²) in [6, 6.07) is 0. The number of hydrogen-bond acceptors (Lipinski definition) is 14. The number of carbonyl (C=O) groups excluding carboxylic acids is 3. The number of aliphatic hydroxyl groups is 2. The lowest BCUT2D eigenvalue weighted by Crippen LogP contribution is -2.78. The Labute approximate surface area is 284 Å². The van der Waals surface area contributed by atoms with Gasteiger partial charge in [0.25, 0.3) is 5.79 Å². The number of carbonyl (C=O) groups is 3. The summed E-state index contributed by atoms with van der Waals surface area (Å²) in [5.41, 5.74) is -8.31. The largest absolute Gasteiger partial charge is 0.469 e. The molecule has 0 aromatic carbocycles. The van der Waals surface area contributed by atoms with Crippen LogP contribution in [0.2, 0.25) is 0 Å². The summed E-state index contributed by atoms with van der Waals surface area (Å²) in [5, 5.41) is 25.6. The molecule has 14 nitrogen and oxygen atoms in total. The molecule has 270 valence electrons. The molecule has 16 unspecified atom stereocenters. The highest BCUT2D eigenvalue weighted by Crippen LogP contribution is 2.81. The SMILES string of the molecule is CC=C(C)C(=O)OC1CC(OC(C)=O)C2(C)COC3C2C12COC(OC)(C(=O)OC)C2C1(C)C3OC2(C)C3CC(OC4OC=CC43O)C21O. The fourth-order valence-corrected chi connectivity index (χ4v) is 12.3. The molecule has 4 saturated heterocycles. The van der Waals surface area contributed by atoms with E-state index in [9.17, 15) is 24.6 Å². The van der Waals surface area contributed by atoms with E-state index >= 15 is 0 Å². The van der Waals surface area contributed by atoms with Crippen LogP contribution in [0.4, 0.5) is 0 Å². The van der Waals surface area contributed by atoms with Gasteiger partial charge in [-0.05, 0) is 33.3 Å². The summed E-state index contributed by atoms with van der Waals surface area (Å²) in [7, 11) is 2.57. The monoisotopic (exact) mass is 690 g/mol. The Morgan fingerprint density at radius 1 is 1.00 bits per heavy atom. The lowest BCUT2D eigenvalue weighted by Gasteiger charge is -2.66. The highest BCUT2D eigenvalue weighted by atomic mass is 16.7. The van der Waals surface area contributed by atoms with Crippen molar-refractivity contribution >= 4 is 17.9 Å². The van der Waals surface area contributed by atoms with Crippen LogP contribution in [0.15, 0.2) is 24.0 Å². The van der Waals surface area contributed by atoms with Gasteiger partial charge >= 0.3 is 17.9 Å². The van der Waals surface area contributed by atoms with Crippen LogP contribution in [0.1, 0.15) is 54.4 Å². The quantitative estimate of drug-likeness (QED) is 0.240. The molecule has 14 heteroatoms. The molecule has 0 aromatic heterocycles.